The minimum atomic E-state index is -0.392. The van der Waals surface area contributed by atoms with Gasteiger partial charge in [0.25, 0.3) is 0 Å². The molecule has 1 heterocycles. The first-order valence-corrected chi connectivity index (χ1v) is 6.85. The van der Waals surface area contributed by atoms with Crippen LogP contribution in [0.1, 0.15) is 37.4 Å². The van der Waals surface area contributed by atoms with Gasteiger partial charge in [0.15, 0.2) is 0 Å². The fourth-order valence-corrected chi connectivity index (χ4v) is 2.45. The number of hydrogen-bond acceptors (Lipinski definition) is 3. The third-order valence-corrected chi connectivity index (χ3v) is 3.74. The summed E-state index contributed by atoms with van der Waals surface area (Å²) < 4.78 is 11.1. The molecule has 1 saturated carbocycles. The van der Waals surface area contributed by atoms with Crippen molar-refractivity contribution in [3.63, 3.8) is 0 Å². The highest BCUT2D eigenvalue weighted by molar-refractivity contribution is 5.30. The van der Waals surface area contributed by atoms with E-state index in [-0.39, 0.29) is 0 Å². The molecule has 0 bridgehead atoms. The van der Waals surface area contributed by atoms with Crippen LogP contribution < -0.4 is 4.74 Å². The van der Waals surface area contributed by atoms with Crippen LogP contribution in [0.5, 0.6) is 5.75 Å². The van der Waals surface area contributed by atoms with Crippen LogP contribution in [0.15, 0.2) is 24.3 Å². The van der Waals surface area contributed by atoms with Crippen molar-refractivity contribution in [2.24, 2.45) is 5.92 Å². The van der Waals surface area contributed by atoms with Gasteiger partial charge in [0.1, 0.15) is 5.75 Å². The van der Waals surface area contributed by atoms with E-state index in [0.717, 1.165) is 50.2 Å². The third-order valence-electron chi connectivity index (χ3n) is 3.74. The summed E-state index contributed by atoms with van der Waals surface area (Å²) in [6.45, 7) is 1.53. The molecule has 2 fully saturated rings. The van der Waals surface area contributed by atoms with E-state index in [9.17, 15) is 5.11 Å². The Morgan fingerprint density at radius 1 is 1.17 bits per heavy atom. The predicted octanol–water partition coefficient (Wildman–Crippen LogP) is 2.69. The first kappa shape index (κ1) is 12.0. The minimum Gasteiger partial charge on any atom is -0.490 e. The lowest BCUT2D eigenvalue weighted by Gasteiger charge is -2.27. The van der Waals surface area contributed by atoms with Crippen molar-refractivity contribution in [2.75, 3.05) is 13.2 Å². The molecule has 1 aliphatic carbocycles. The van der Waals surface area contributed by atoms with Crippen molar-refractivity contribution >= 4 is 0 Å². The van der Waals surface area contributed by atoms with Gasteiger partial charge >= 0.3 is 0 Å². The van der Waals surface area contributed by atoms with Crippen molar-refractivity contribution in [3.05, 3.63) is 29.8 Å². The molecule has 3 nitrogen and oxygen atoms in total. The Kier molecular flexibility index (Phi) is 3.52. The van der Waals surface area contributed by atoms with Crippen LogP contribution in [0.4, 0.5) is 0 Å². The second-order valence-corrected chi connectivity index (χ2v) is 5.28. The lowest BCUT2D eigenvalue weighted by Crippen LogP contribution is -2.21. The van der Waals surface area contributed by atoms with E-state index in [2.05, 4.69) is 0 Å². The first-order valence-electron chi connectivity index (χ1n) is 6.85. The molecular formula is C15H20O3. The molecular weight excluding hydrogens is 228 g/mol. The summed E-state index contributed by atoms with van der Waals surface area (Å²) in [6.07, 6.45) is 4.21. The molecule has 3 heteroatoms. The van der Waals surface area contributed by atoms with Crippen LogP contribution in [-0.2, 0) is 4.74 Å². The highest BCUT2D eigenvalue weighted by Crippen LogP contribution is 2.33. The highest BCUT2D eigenvalue weighted by atomic mass is 16.5. The highest BCUT2D eigenvalue weighted by Gasteiger charge is 2.25. The molecule has 1 aliphatic heterocycles. The molecule has 0 aromatic heterocycles. The molecule has 18 heavy (non-hydrogen) atoms. The molecule has 1 saturated heterocycles. The van der Waals surface area contributed by atoms with Crippen molar-refractivity contribution in [3.8, 4) is 5.75 Å². The maximum atomic E-state index is 10.4. The number of hydrogen-bond donors (Lipinski definition) is 1. The number of ether oxygens (including phenoxy) is 2. The van der Waals surface area contributed by atoms with Gasteiger partial charge in [-0.15, -0.1) is 0 Å². The van der Waals surface area contributed by atoms with Crippen LogP contribution in [0.3, 0.4) is 0 Å². The van der Waals surface area contributed by atoms with Gasteiger partial charge in [-0.2, -0.15) is 0 Å². The molecule has 3 rings (SSSR count). The van der Waals surface area contributed by atoms with E-state index >= 15 is 0 Å². The minimum absolute atomic E-state index is 0.315. The zero-order chi connectivity index (χ0) is 12.4. The van der Waals surface area contributed by atoms with Gasteiger partial charge < -0.3 is 14.6 Å². The summed E-state index contributed by atoms with van der Waals surface area (Å²) >= 11 is 0. The lowest BCUT2D eigenvalue weighted by atomic mass is 9.89. The quantitative estimate of drug-likeness (QED) is 0.890. The third kappa shape index (κ3) is 2.85. The lowest BCUT2D eigenvalue weighted by molar-refractivity contribution is 0.00710. The predicted molar refractivity (Wildman–Crippen MR) is 68.6 cm³/mol. The fraction of sp³-hybridized carbons (Fsp3) is 0.600. The van der Waals surface area contributed by atoms with Crippen LogP contribution in [0.2, 0.25) is 0 Å². The first-order chi connectivity index (χ1) is 8.83. The van der Waals surface area contributed by atoms with Gasteiger partial charge in [-0.05, 0) is 49.3 Å². The van der Waals surface area contributed by atoms with E-state index in [1.165, 1.54) is 0 Å². The zero-order valence-electron chi connectivity index (χ0n) is 10.5. The summed E-state index contributed by atoms with van der Waals surface area (Å²) in [6, 6.07) is 7.91. The Morgan fingerprint density at radius 2 is 1.94 bits per heavy atom. The van der Waals surface area contributed by atoms with E-state index in [1.54, 1.807) is 0 Å². The van der Waals surface area contributed by atoms with Crippen molar-refractivity contribution < 1.29 is 14.6 Å². The normalized spacial score (nSPS) is 22.7. The summed E-state index contributed by atoms with van der Waals surface area (Å²) in [5.74, 6) is 1.20. The summed E-state index contributed by atoms with van der Waals surface area (Å²) in [7, 11) is 0. The van der Waals surface area contributed by atoms with Gasteiger partial charge in [0.05, 0.1) is 12.2 Å². The Labute approximate surface area is 108 Å². The van der Waals surface area contributed by atoms with Crippen molar-refractivity contribution in [2.45, 2.75) is 37.9 Å². The Morgan fingerprint density at radius 3 is 2.67 bits per heavy atom. The van der Waals surface area contributed by atoms with E-state index < -0.39 is 6.10 Å². The van der Waals surface area contributed by atoms with Gasteiger partial charge in [-0.3, -0.25) is 0 Å². The second-order valence-electron chi connectivity index (χ2n) is 5.28. The average Bonchev–Trinajstić information content (AvgIpc) is 3.23. The summed E-state index contributed by atoms with van der Waals surface area (Å²) in [5.41, 5.74) is 0.972. The summed E-state index contributed by atoms with van der Waals surface area (Å²) in [4.78, 5) is 0. The van der Waals surface area contributed by atoms with E-state index in [4.69, 9.17) is 9.47 Å². The van der Waals surface area contributed by atoms with Crippen molar-refractivity contribution in [1.82, 2.24) is 0 Å². The number of aliphatic hydroxyl groups is 1. The number of benzene rings is 1. The largest absolute Gasteiger partial charge is 0.490 e. The van der Waals surface area contributed by atoms with E-state index in [1.807, 2.05) is 24.3 Å². The zero-order valence-corrected chi connectivity index (χ0v) is 10.5. The van der Waals surface area contributed by atoms with Crippen molar-refractivity contribution in [1.29, 1.82) is 0 Å². The molecule has 0 spiro atoms. The molecule has 0 amide bonds. The van der Waals surface area contributed by atoms with Gasteiger partial charge in [-0.1, -0.05) is 12.1 Å². The molecule has 1 N–H and O–H groups in total. The van der Waals surface area contributed by atoms with E-state index in [0.29, 0.717) is 12.0 Å². The average molecular weight is 248 g/mol. The number of rotatable bonds is 4. The standard InChI is InChI=1S/C15H20O3/c16-15(11-6-8-17-9-7-11)12-2-1-3-14(10-12)18-13-4-5-13/h1-3,10-11,13,15-16H,4-9H2. The van der Waals surface area contributed by atoms with Gasteiger partial charge in [0, 0.05) is 13.2 Å². The SMILES string of the molecule is OC(c1cccc(OC2CC2)c1)C1CCOCC1. The fourth-order valence-electron chi connectivity index (χ4n) is 2.45. The van der Waals surface area contributed by atoms with Gasteiger partial charge in [0.2, 0.25) is 0 Å². The molecule has 1 atom stereocenters. The Bertz CT molecular complexity index is 394. The monoisotopic (exact) mass is 248 g/mol. The van der Waals surface area contributed by atoms with Crippen LogP contribution in [0.25, 0.3) is 0 Å². The second kappa shape index (κ2) is 5.29. The van der Waals surface area contributed by atoms with Crippen LogP contribution in [0, 0.1) is 5.92 Å². The van der Waals surface area contributed by atoms with Crippen LogP contribution in [-0.4, -0.2) is 24.4 Å². The molecule has 1 aromatic rings. The molecule has 1 aromatic carbocycles. The molecule has 98 valence electrons. The Hall–Kier alpha value is -1.06. The Balaban J connectivity index is 1.69. The summed E-state index contributed by atoms with van der Waals surface area (Å²) in [5, 5.41) is 10.4. The number of aliphatic hydroxyl groups excluding tert-OH is 1. The smallest absolute Gasteiger partial charge is 0.120 e. The maximum Gasteiger partial charge on any atom is 0.120 e. The molecule has 2 aliphatic rings. The van der Waals surface area contributed by atoms with Gasteiger partial charge in [-0.25, -0.2) is 0 Å². The topological polar surface area (TPSA) is 38.7 Å². The molecule has 1 unspecified atom stereocenters. The molecule has 0 radical (unpaired) electrons. The van der Waals surface area contributed by atoms with Crippen LogP contribution >= 0.6 is 0 Å². The maximum absolute atomic E-state index is 10.4.